The van der Waals surface area contributed by atoms with Crippen LogP contribution in [0.15, 0.2) is 34.8 Å². The van der Waals surface area contributed by atoms with Gasteiger partial charge < -0.3 is 10.6 Å². The highest BCUT2D eigenvalue weighted by Crippen LogP contribution is 2.27. The number of halogens is 1. The summed E-state index contributed by atoms with van der Waals surface area (Å²) < 4.78 is 1.03. The Morgan fingerprint density at radius 1 is 1.19 bits per heavy atom. The largest absolute Gasteiger partial charge is 0.384 e. The van der Waals surface area contributed by atoms with Crippen LogP contribution in [0.2, 0.25) is 0 Å². The molecule has 3 rings (SSSR count). The Morgan fingerprint density at radius 3 is 2.62 bits per heavy atom. The molecule has 0 unspecified atom stereocenters. The summed E-state index contributed by atoms with van der Waals surface area (Å²) in [6.45, 7) is 4.95. The molecule has 0 bridgehead atoms. The molecule has 1 heterocycles. The van der Waals surface area contributed by atoms with Crippen molar-refractivity contribution in [3.8, 4) is 0 Å². The molecule has 0 radical (unpaired) electrons. The highest BCUT2D eigenvalue weighted by Gasteiger charge is 2.15. The minimum Gasteiger partial charge on any atom is -0.384 e. The molecule has 0 saturated carbocycles. The van der Waals surface area contributed by atoms with Crippen LogP contribution in [0.25, 0.3) is 0 Å². The van der Waals surface area contributed by atoms with E-state index in [1.54, 1.807) is 0 Å². The van der Waals surface area contributed by atoms with Crippen molar-refractivity contribution in [1.82, 2.24) is 0 Å². The fourth-order valence-corrected chi connectivity index (χ4v) is 3.41. The molecule has 2 aromatic carbocycles. The van der Waals surface area contributed by atoms with E-state index in [1.165, 1.54) is 5.56 Å². The lowest BCUT2D eigenvalue weighted by Crippen LogP contribution is -2.14. The van der Waals surface area contributed by atoms with Gasteiger partial charge in [-0.1, -0.05) is 22.0 Å². The molecule has 0 spiro atoms. The van der Waals surface area contributed by atoms with E-state index in [9.17, 15) is 4.79 Å². The lowest BCUT2D eigenvalue weighted by molar-refractivity contribution is 0.102. The van der Waals surface area contributed by atoms with Crippen LogP contribution in [-0.4, -0.2) is 12.5 Å². The van der Waals surface area contributed by atoms with Gasteiger partial charge in [0.15, 0.2) is 0 Å². The summed E-state index contributed by atoms with van der Waals surface area (Å²) >= 11 is 3.47. The summed E-state index contributed by atoms with van der Waals surface area (Å²) in [6, 6.07) is 9.87. The summed E-state index contributed by atoms with van der Waals surface area (Å²) in [5, 5.41) is 6.33. The fraction of sp³-hybridized carbons (Fsp3) is 0.235. The molecular formula is C17H17BrN2O. The molecule has 108 valence electrons. The van der Waals surface area contributed by atoms with Crippen molar-refractivity contribution >= 4 is 33.2 Å². The number of hydrogen-bond acceptors (Lipinski definition) is 2. The Labute approximate surface area is 132 Å². The average Bonchev–Trinajstić information content (AvgIpc) is 2.89. The third-order valence-corrected chi connectivity index (χ3v) is 4.28. The van der Waals surface area contributed by atoms with Crippen molar-refractivity contribution in [3.63, 3.8) is 0 Å². The Balaban J connectivity index is 1.87. The number of anilines is 2. The Hall–Kier alpha value is -1.81. The Morgan fingerprint density at radius 2 is 1.90 bits per heavy atom. The molecule has 2 N–H and O–H groups in total. The molecule has 1 aliphatic heterocycles. The van der Waals surface area contributed by atoms with Crippen LogP contribution in [0.3, 0.4) is 0 Å². The van der Waals surface area contributed by atoms with Crippen LogP contribution in [0.5, 0.6) is 0 Å². The van der Waals surface area contributed by atoms with Crippen molar-refractivity contribution < 1.29 is 4.79 Å². The standard InChI is InChI=1S/C17H17BrN2O/c1-10-7-14(18)8-11(2)16(10)20-17(21)13-4-3-12-5-6-19-15(12)9-13/h3-4,7-9,19H,5-6H2,1-2H3,(H,20,21). The fourth-order valence-electron chi connectivity index (χ4n) is 2.73. The Bertz CT molecular complexity index is 702. The van der Waals surface area contributed by atoms with E-state index in [-0.39, 0.29) is 5.91 Å². The number of rotatable bonds is 2. The highest BCUT2D eigenvalue weighted by atomic mass is 79.9. The highest BCUT2D eigenvalue weighted by molar-refractivity contribution is 9.10. The molecule has 3 nitrogen and oxygen atoms in total. The number of hydrogen-bond donors (Lipinski definition) is 2. The normalized spacial score (nSPS) is 12.7. The van der Waals surface area contributed by atoms with Gasteiger partial charge in [0.25, 0.3) is 5.91 Å². The van der Waals surface area contributed by atoms with E-state index in [1.807, 2.05) is 44.2 Å². The number of fused-ring (bicyclic) bond motifs is 1. The first-order chi connectivity index (χ1) is 10.0. The molecule has 2 aromatic rings. The van der Waals surface area contributed by atoms with Crippen molar-refractivity contribution in [2.24, 2.45) is 0 Å². The van der Waals surface area contributed by atoms with E-state index in [0.717, 1.165) is 39.9 Å². The van der Waals surface area contributed by atoms with Crippen molar-refractivity contribution in [2.75, 3.05) is 17.2 Å². The zero-order valence-electron chi connectivity index (χ0n) is 12.1. The SMILES string of the molecule is Cc1cc(Br)cc(C)c1NC(=O)c1ccc2c(c1)NCC2. The van der Waals surface area contributed by atoms with Gasteiger partial charge >= 0.3 is 0 Å². The first kappa shape index (κ1) is 14.1. The van der Waals surface area contributed by atoms with E-state index in [0.29, 0.717) is 5.56 Å². The average molecular weight is 345 g/mol. The second kappa shape index (κ2) is 5.53. The first-order valence-electron chi connectivity index (χ1n) is 6.99. The molecule has 0 aliphatic carbocycles. The van der Waals surface area contributed by atoms with Crippen LogP contribution >= 0.6 is 15.9 Å². The van der Waals surface area contributed by atoms with Gasteiger partial charge in [-0.15, -0.1) is 0 Å². The first-order valence-corrected chi connectivity index (χ1v) is 7.79. The second-order valence-electron chi connectivity index (χ2n) is 5.42. The summed E-state index contributed by atoms with van der Waals surface area (Å²) in [4.78, 5) is 12.5. The number of aryl methyl sites for hydroxylation is 2. The van der Waals surface area contributed by atoms with Gasteiger partial charge in [-0.2, -0.15) is 0 Å². The lowest BCUT2D eigenvalue weighted by atomic mass is 10.1. The van der Waals surface area contributed by atoms with Crippen molar-refractivity contribution in [1.29, 1.82) is 0 Å². The van der Waals surface area contributed by atoms with E-state index in [2.05, 4.69) is 26.6 Å². The van der Waals surface area contributed by atoms with Gasteiger partial charge in [0.2, 0.25) is 0 Å². The maximum absolute atomic E-state index is 12.5. The molecule has 1 amide bonds. The number of nitrogens with one attached hydrogen (secondary N) is 2. The van der Waals surface area contributed by atoms with E-state index >= 15 is 0 Å². The van der Waals surface area contributed by atoms with Gasteiger partial charge in [-0.25, -0.2) is 0 Å². The van der Waals surface area contributed by atoms with Gasteiger partial charge in [0.05, 0.1) is 0 Å². The van der Waals surface area contributed by atoms with Crippen LogP contribution in [0.4, 0.5) is 11.4 Å². The zero-order valence-corrected chi connectivity index (χ0v) is 13.7. The van der Waals surface area contributed by atoms with Crippen LogP contribution in [-0.2, 0) is 6.42 Å². The van der Waals surface area contributed by atoms with Gasteiger partial charge in [-0.05, 0) is 61.2 Å². The molecule has 4 heteroatoms. The Kier molecular flexibility index (Phi) is 3.72. The van der Waals surface area contributed by atoms with Crippen LogP contribution in [0.1, 0.15) is 27.0 Å². The van der Waals surface area contributed by atoms with Gasteiger partial charge in [-0.3, -0.25) is 4.79 Å². The lowest BCUT2D eigenvalue weighted by Gasteiger charge is -2.13. The summed E-state index contributed by atoms with van der Waals surface area (Å²) in [7, 11) is 0. The number of carbonyl (C=O) groups is 1. The number of carbonyl (C=O) groups excluding carboxylic acids is 1. The summed E-state index contributed by atoms with van der Waals surface area (Å²) in [6.07, 6.45) is 1.03. The minimum atomic E-state index is -0.0694. The minimum absolute atomic E-state index is 0.0694. The molecular weight excluding hydrogens is 328 g/mol. The third-order valence-electron chi connectivity index (χ3n) is 3.82. The van der Waals surface area contributed by atoms with E-state index in [4.69, 9.17) is 0 Å². The summed E-state index contributed by atoms with van der Waals surface area (Å²) in [5.41, 5.74) is 6.03. The maximum Gasteiger partial charge on any atom is 0.255 e. The van der Waals surface area contributed by atoms with E-state index < -0.39 is 0 Å². The molecule has 1 aliphatic rings. The summed E-state index contributed by atoms with van der Waals surface area (Å²) in [5.74, 6) is -0.0694. The van der Waals surface area contributed by atoms with Gasteiger partial charge in [0.1, 0.15) is 0 Å². The quantitative estimate of drug-likeness (QED) is 0.853. The zero-order chi connectivity index (χ0) is 15.0. The monoisotopic (exact) mass is 344 g/mol. The smallest absolute Gasteiger partial charge is 0.255 e. The van der Waals surface area contributed by atoms with Crippen molar-refractivity contribution in [3.05, 3.63) is 57.1 Å². The van der Waals surface area contributed by atoms with Crippen molar-refractivity contribution in [2.45, 2.75) is 20.3 Å². The molecule has 0 atom stereocenters. The third kappa shape index (κ3) is 2.81. The number of amides is 1. The predicted octanol–water partition coefficient (Wildman–Crippen LogP) is 4.29. The van der Waals surface area contributed by atoms with Crippen LogP contribution < -0.4 is 10.6 Å². The maximum atomic E-state index is 12.5. The molecule has 0 aromatic heterocycles. The van der Waals surface area contributed by atoms with Crippen LogP contribution in [0, 0.1) is 13.8 Å². The predicted molar refractivity (Wildman–Crippen MR) is 90.2 cm³/mol. The number of benzene rings is 2. The topological polar surface area (TPSA) is 41.1 Å². The van der Waals surface area contributed by atoms with Gasteiger partial charge in [0, 0.05) is 28.0 Å². The molecule has 21 heavy (non-hydrogen) atoms. The second-order valence-corrected chi connectivity index (χ2v) is 6.33. The molecule has 0 saturated heterocycles. The molecule has 0 fully saturated rings.